The fraction of sp³-hybridized carbons (Fsp3) is 0.897. The molecule has 0 unspecified atom stereocenters. The van der Waals surface area contributed by atoms with E-state index >= 15 is 0 Å². The molecule has 1 rings (SSSR count). The lowest BCUT2D eigenvalue weighted by molar-refractivity contribution is 0.00189. The first-order valence-electron chi connectivity index (χ1n) is 16.3. The van der Waals surface area contributed by atoms with Crippen molar-refractivity contribution in [1.29, 1.82) is 0 Å². The Morgan fingerprint density at radius 3 is 0.955 bits per heavy atom. The number of hydrogen-bond donors (Lipinski definition) is 4. The van der Waals surface area contributed by atoms with Gasteiger partial charge in [0.1, 0.15) is 0 Å². The van der Waals surface area contributed by atoms with Gasteiger partial charge >= 0.3 is 17.6 Å². The molecule has 0 atom stereocenters. The third-order valence-corrected chi connectivity index (χ3v) is 12.4. The van der Waals surface area contributed by atoms with Crippen molar-refractivity contribution in [3.05, 3.63) is 0 Å². The maximum Gasteiger partial charge on any atom is 0.501 e. The molecule has 0 amide bonds. The van der Waals surface area contributed by atoms with Crippen LogP contribution >= 0.6 is 0 Å². The molecule has 13 nitrogen and oxygen atoms in total. The molecule has 0 aliphatic carbocycles. The van der Waals surface area contributed by atoms with Crippen molar-refractivity contribution in [1.82, 2.24) is 15.0 Å². The Balaban J connectivity index is 2.96. The normalized spacial score (nSPS) is 12.9. The summed E-state index contributed by atoms with van der Waals surface area (Å²) in [7, 11) is -5.78. The molecule has 1 heterocycles. The van der Waals surface area contributed by atoms with E-state index in [9.17, 15) is 0 Å². The Labute approximate surface area is 269 Å². The molecule has 44 heavy (non-hydrogen) atoms. The summed E-state index contributed by atoms with van der Waals surface area (Å²) in [6.45, 7) is 26.4. The molecule has 0 aromatic carbocycles. The topological polar surface area (TPSA) is 156 Å². The highest BCUT2D eigenvalue weighted by atomic mass is 28.4. The Kier molecular flexibility index (Phi) is 19.0. The second kappa shape index (κ2) is 20.6. The van der Waals surface area contributed by atoms with Crippen molar-refractivity contribution in [2.24, 2.45) is 5.73 Å². The molecule has 1 aromatic heterocycles. The van der Waals surface area contributed by atoms with Crippen LogP contribution in [0.25, 0.3) is 0 Å². The zero-order valence-electron chi connectivity index (χ0n) is 29.5. The van der Waals surface area contributed by atoms with E-state index in [2.05, 4.69) is 30.9 Å². The molecule has 0 aliphatic rings. The van der Waals surface area contributed by atoms with Crippen molar-refractivity contribution in [2.75, 3.05) is 42.1 Å². The Hall–Kier alpha value is -1.44. The van der Waals surface area contributed by atoms with Crippen molar-refractivity contribution in [2.45, 2.75) is 145 Å². The summed E-state index contributed by atoms with van der Waals surface area (Å²) < 4.78 is 37.8. The Morgan fingerprint density at radius 1 is 0.477 bits per heavy atom. The zero-order chi connectivity index (χ0) is 33.3. The third-order valence-electron chi connectivity index (χ3n) is 5.44. The van der Waals surface area contributed by atoms with Gasteiger partial charge in [-0.3, -0.25) is 0 Å². The van der Waals surface area contributed by atoms with Gasteiger partial charge in [-0.2, -0.15) is 15.0 Å². The lowest BCUT2D eigenvalue weighted by Gasteiger charge is -2.34. The number of anilines is 3. The minimum Gasteiger partial charge on any atom is -0.371 e. The van der Waals surface area contributed by atoms with Crippen LogP contribution in [0.2, 0.25) is 12.1 Å². The molecule has 0 saturated heterocycles. The minimum atomic E-state index is -2.89. The first-order valence-corrected chi connectivity index (χ1v) is 20.2. The van der Waals surface area contributed by atoms with E-state index in [1.165, 1.54) is 0 Å². The molecule has 0 fully saturated rings. The SMILES string of the molecule is CC(C)O[Si](CCCNc1nc(NCCN)nc(NCCC[Si](OC(C)C)(OC(C)C)OC(C)C)n1)(OC(C)C)OC(C)C. The van der Waals surface area contributed by atoms with Crippen LogP contribution in [0.3, 0.4) is 0 Å². The fourth-order valence-electron chi connectivity index (χ4n) is 4.48. The van der Waals surface area contributed by atoms with Crippen LogP contribution in [0, 0.1) is 0 Å². The average molecular weight is 662 g/mol. The summed E-state index contributed by atoms with van der Waals surface area (Å²) in [6.07, 6.45) is 1.51. The van der Waals surface area contributed by atoms with Gasteiger partial charge in [-0.05, 0) is 95.9 Å². The highest BCUT2D eigenvalue weighted by Gasteiger charge is 2.44. The molecule has 5 N–H and O–H groups in total. The summed E-state index contributed by atoms with van der Waals surface area (Å²) in [5, 5.41) is 9.85. The van der Waals surface area contributed by atoms with E-state index in [0.29, 0.717) is 56.1 Å². The standard InChI is InChI=1S/C29H63N7O6Si2/c1-21(2)37-43(38-22(3)4,39-23(5)6)19-13-16-31-27-34-28(36-29(35-27)33-18-15-30)32-17-14-20-44(40-24(7)8,41-25(9)10)42-26(11)12/h21-26H,13-20,30H2,1-12H3,(H3,31,32,33,34,35,36). The quantitative estimate of drug-likeness (QED) is 0.0794. The van der Waals surface area contributed by atoms with Crippen molar-refractivity contribution in [3.63, 3.8) is 0 Å². The fourth-order valence-corrected chi connectivity index (χ4v) is 11.1. The van der Waals surface area contributed by atoms with E-state index in [-0.39, 0.29) is 36.6 Å². The molecular formula is C29H63N7O6Si2. The van der Waals surface area contributed by atoms with E-state index in [4.69, 9.17) is 32.3 Å². The van der Waals surface area contributed by atoms with Gasteiger partial charge in [0, 0.05) is 74.9 Å². The average Bonchev–Trinajstić information content (AvgIpc) is 2.85. The summed E-state index contributed by atoms with van der Waals surface area (Å²) in [5.41, 5.74) is 5.71. The first kappa shape index (κ1) is 40.6. The van der Waals surface area contributed by atoms with Crippen LogP contribution in [0.1, 0.15) is 95.9 Å². The Morgan fingerprint density at radius 2 is 0.727 bits per heavy atom. The summed E-state index contributed by atoms with van der Waals surface area (Å²) in [5.74, 6) is 1.38. The summed E-state index contributed by atoms with van der Waals surface area (Å²) >= 11 is 0. The van der Waals surface area contributed by atoms with E-state index < -0.39 is 17.6 Å². The second-order valence-corrected chi connectivity index (χ2v) is 17.6. The summed E-state index contributed by atoms with van der Waals surface area (Å²) in [6, 6.07) is 1.34. The zero-order valence-corrected chi connectivity index (χ0v) is 31.5. The monoisotopic (exact) mass is 661 g/mol. The number of aromatic nitrogens is 3. The maximum atomic E-state index is 6.31. The van der Waals surface area contributed by atoms with E-state index in [1.54, 1.807) is 0 Å². The van der Waals surface area contributed by atoms with Gasteiger partial charge in [0.15, 0.2) is 0 Å². The summed E-state index contributed by atoms with van der Waals surface area (Å²) in [4.78, 5) is 13.7. The predicted molar refractivity (Wildman–Crippen MR) is 182 cm³/mol. The molecular weight excluding hydrogens is 599 g/mol. The van der Waals surface area contributed by atoms with Crippen LogP contribution in [-0.2, 0) is 26.6 Å². The van der Waals surface area contributed by atoms with Gasteiger partial charge in [-0.25, -0.2) is 0 Å². The smallest absolute Gasteiger partial charge is 0.371 e. The second-order valence-electron chi connectivity index (χ2n) is 12.4. The van der Waals surface area contributed by atoms with Crippen molar-refractivity contribution < 1.29 is 26.6 Å². The van der Waals surface area contributed by atoms with Crippen LogP contribution in [0.5, 0.6) is 0 Å². The molecule has 0 spiro atoms. The van der Waals surface area contributed by atoms with Crippen LogP contribution in [0.15, 0.2) is 0 Å². The predicted octanol–water partition coefficient (Wildman–Crippen LogP) is 5.27. The van der Waals surface area contributed by atoms with E-state index in [1.807, 2.05) is 83.1 Å². The number of hydrogen-bond acceptors (Lipinski definition) is 13. The number of rotatable bonds is 25. The highest BCUT2D eigenvalue weighted by Crippen LogP contribution is 2.25. The van der Waals surface area contributed by atoms with Gasteiger partial charge in [0.2, 0.25) is 17.8 Å². The van der Waals surface area contributed by atoms with Crippen LogP contribution in [0.4, 0.5) is 17.8 Å². The number of nitrogens with zero attached hydrogens (tertiary/aromatic N) is 3. The number of nitrogens with one attached hydrogen (secondary N) is 3. The largest absolute Gasteiger partial charge is 0.501 e. The van der Waals surface area contributed by atoms with Gasteiger partial charge in [-0.1, -0.05) is 0 Å². The molecule has 258 valence electrons. The molecule has 0 saturated carbocycles. The first-order chi connectivity index (χ1) is 20.6. The Bertz CT molecular complexity index is 796. The van der Waals surface area contributed by atoms with Crippen molar-refractivity contribution in [3.8, 4) is 0 Å². The molecule has 15 heteroatoms. The van der Waals surface area contributed by atoms with E-state index in [0.717, 1.165) is 12.8 Å². The molecule has 0 bridgehead atoms. The van der Waals surface area contributed by atoms with Gasteiger partial charge < -0.3 is 48.2 Å². The molecule has 1 aromatic rings. The maximum absolute atomic E-state index is 6.31. The lowest BCUT2D eigenvalue weighted by Crippen LogP contribution is -2.50. The molecule has 0 radical (unpaired) electrons. The van der Waals surface area contributed by atoms with Gasteiger partial charge in [0.25, 0.3) is 0 Å². The lowest BCUT2D eigenvalue weighted by atomic mass is 10.5. The third kappa shape index (κ3) is 17.3. The van der Waals surface area contributed by atoms with Crippen LogP contribution in [-0.4, -0.2) is 95.4 Å². The van der Waals surface area contributed by atoms with Crippen LogP contribution < -0.4 is 21.7 Å². The molecule has 0 aliphatic heterocycles. The van der Waals surface area contributed by atoms with Crippen molar-refractivity contribution >= 4 is 35.5 Å². The van der Waals surface area contributed by atoms with Gasteiger partial charge in [-0.15, -0.1) is 0 Å². The number of nitrogens with two attached hydrogens (primary N) is 1. The highest BCUT2D eigenvalue weighted by molar-refractivity contribution is 6.61. The minimum absolute atomic E-state index is 0.000834. The van der Waals surface area contributed by atoms with Gasteiger partial charge in [0.05, 0.1) is 0 Å².